The minimum Gasteiger partial charge on any atom is -0.463 e. The number of carbonyl (C=O) groups excluding carboxylic acids is 2. The summed E-state index contributed by atoms with van der Waals surface area (Å²) >= 11 is 0. The number of esters is 1. The Balaban J connectivity index is 1.83. The van der Waals surface area contributed by atoms with Crippen molar-refractivity contribution in [1.29, 1.82) is 0 Å². The number of aliphatic hydroxyl groups excluding tert-OH is 1. The van der Waals surface area contributed by atoms with E-state index in [4.69, 9.17) is 9.47 Å². The molecule has 0 spiro atoms. The Kier molecular flexibility index (Phi) is 5.19. The molecule has 0 radical (unpaired) electrons. The molecule has 118 valence electrons. The van der Waals surface area contributed by atoms with Crippen molar-refractivity contribution in [3.05, 3.63) is 12.3 Å². The zero-order valence-electron chi connectivity index (χ0n) is 12.3. The van der Waals surface area contributed by atoms with Gasteiger partial charge in [-0.1, -0.05) is 13.8 Å². The lowest BCUT2D eigenvalue weighted by Crippen LogP contribution is -2.45. The lowest BCUT2D eigenvalue weighted by Gasteiger charge is -2.27. The molecule has 2 amide bonds. The van der Waals surface area contributed by atoms with Crippen LogP contribution in [-0.2, 0) is 14.3 Å². The van der Waals surface area contributed by atoms with Gasteiger partial charge in [-0.2, -0.15) is 0 Å². The van der Waals surface area contributed by atoms with E-state index in [1.807, 2.05) is 13.8 Å². The van der Waals surface area contributed by atoms with Crippen LogP contribution >= 0.6 is 0 Å². The summed E-state index contributed by atoms with van der Waals surface area (Å²) in [6.45, 7) is 4.35. The number of aliphatic hydroxyl groups is 1. The molecule has 1 saturated heterocycles. The second kappa shape index (κ2) is 6.91. The van der Waals surface area contributed by atoms with Crippen molar-refractivity contribution in [2.75, 3.05) is 13.2 Å². The summed E-state index contributed by atoms with van der Waals surface area (Å²) in [6, 6.07) is -0.257. The van der Waals surface area contributed by atoms with Crippen LogP contribution in [0, 0.1) is 5.92 Å². The van der Waals surface area contributed by atoms with Gasteiger partial charge in [-0.25, -0.2) is 4.79 Å². The second-order valence-electron chi connectivity index (χ2n) is 5.69. The van der Waals surface area contributed by atoms with Gasteiger partial charge in [0.1, 0.15) is 18.9 Å². The summed E-state index contributed by atoms with van der Waals surface area (Å²) in [5, 5.41) is 12.6. The molecule has 0 bridgehead atoms. The maximum absolute atomic E-state index is 11.7. The Morgan fingerprint density at radius 3 is 3.05 bits per heavy atom. The molecule has 2 heterocycles. The Hall–Kier alpha value is -1.60. The molecule has 0 aromatic carbocycles. The fourth-order valence-electron chi connectivity index (χ4n) is 2.30. The number of urea groups is 1. The van der Waals surface area contributed by atoms with Gasteiger partial charge in [-0.3, -0.25) is 9.69 Å². The molecule has 0 aromatic rings. The van der Waals surface area contributed by atoms with Gasteiger partial charge in [-0.15, -0.1) is 0 Å². The van der Waals surface area contributed by atoms with E-state index in [0.29, 0.717) is 19.4 Å². The van der Waals surface area contributed by atoms with Gasteiger partial charge in [0, 0.05) is 25.6 Å². The first-order valence-electron chi connectivity index (χ1n) is 7.19. The van der Waals surface area contributed by atoms with Crippen LogP contribution in [0.1, 0.15) is 26.7 Å². The topological polar surface area (TPSA) is 88.1 Å². The molecule has 7 nitrogen and oxygen atoms in total. The van der Waals surface area contributed by atoms with E-state index >= 15 is 0 Å². The van der Waals surface area contributed by atoms with Crippen molar-refractivity contribution in [2.24, 2.45) is 5.92 Å². The minimum atomic E-state index is -0.759. The highest BCUT2D eigenvalue weighted by Crippen LogP contribution is 2.25. The summed E-state index contributed by atoms with van der Waals surface area (Å²) in [5.41, 5.74) is 0. The smallest absolute Gasteiger partial charge is 0.323 e. The molecule has 2 aliphatic heterocycles. The molecule has 0 aliphatic carbocycles. The Morgan fingerprint density at radius 1 is 1.62 bits per heavy atom. The predicted molar refractivity (Wildman–Crippen MR) is 74.1 cm³/mol. The summed E-state index contributed by atoms with van der Waals surface area (Å²) in [4.78, 5) is 24.6. The fourth-order valence-corrected chi connectivity index (χ4v) is 2.30. The average molecular weight is 298 g/mol. The Labute approximate surface area is 123 Å². The van der Waals surface area contributed by atoms with Crippen molar-refractivity contribution in [2.45, 2.75) is 45.1 Å². The average Bonchev–Trinajstić information content (AvgIpc) is 2.77. The highest BCUT2D eigenvalue weighted by molar-refractivity contribution is 5.76. The molecule has 2 rings (SSSR count). The Morgan fingerprint density at radius 2 is 2.38 bits per heavy atom. The minimum absolute atomic E-state index is 0.00237. The van der Waals surface area contributed by atoms with Crippen LogP contribution < -0.4 is 5.32 Å². The normalized spacial score (nSPS) is 28.9. The standard InChI is InChI=1S/C14H22N2O5/c1-9(2)6-13(18)20-8-11-10(17)7-12(21-11)16-5-3-4-15-14(16)19/h3,5,9-12,17H,4,6-8H2,1-2H3,(H,15,19). The Bertz CT molecular complexity index is 424. The van der Waals surface area contributed by atoms with Crippen LogP contribution in [0.25, 0.3) is 0 Å². The molecule has 0 saturated carbocycles. The molecule has 3 atom stereocenters. The summed E-state index contributed by atoms with van der Waals surface area (Å²) in [7, 11) is 0. The van der Waals surface area contributed by atoms with E-state index < -0.39 is 18.4 Å². The van der Waals surface area contributed by atoms with Crippen molar-refractivity contribution in [3.8, 4) is 0 Å². The highest BCUT2D eigenvalue weighted by atomic mass is 16.6. The zero-order valence-corrected chi connectivity index (χ0v) is 12.3. The largest absolute Gasteiger partial charge is 0.463 e. The molecule has 2 aliphatic rings. The van der Waals surface area contributed by atoms with E-state index in [-0.39, 0.29) is 24.5 Å². The maximum atomic E-state index is 11.7. The third-order valence-electron chi connectivity index (χ3n) is 3.37. The molecule has 2 N–H and O–H groups in total. The van der Waals surface area contributed by atoms with Gasteiger partial charge >= 0.3 is 12.0 Å². The second-order valence-corrected chi connectivity index (χ2v) is 5.69. The van der Waals surface area contributed by atoms with Gasteiger partial charge < -0.3 is 19.9 Å². The summed E-state index contributed by atoms with van der Waals surface area (Å²) in [5.74, 6) is -0.0817. The number of ether oxygens (including phenoxy) is 2. The summed E-state index contributed by atoms with van der Waals surface area (Å²) < 4.78 is 10.7. The number of amides is 2. The number of hydrogen-bond donors (Lipinski definition) is 2. The van der Waals surface area contributed by atoms with Crippen LogP contribution in [0.5, 0.6) is 0 Å². The van der Waals surface area contributed by atoms with E-state index in [0.717, 1.165) is 0 Å². The zero-order chi connectivity index (χ0) is 15.4. The lowest BCUT2D eigenvalue weighted by molar-refractivity contribution is -0.151. The van der Waals surface area contributed by atoms with E-state index in [9.17, 15) is 14.7 Å². The highest BCUT2D eigenvalue weighted by Gasteiger charge is 2.39. The molecule has 3 unspecified atom stereocenters. The van der Waals surface area contributed by atoms with Gasteiger partial charge in [0.25, 0.3) is 0 Å². The number of carbonyl (C=O) groups is 2. The molecule has 0 aromatic heterocycles. The predicted octanol–water partition coefficient (Wildman–Crippen LogP) is 0.591. The number of nitrogens with one attached hydrogen (secondary N) is 1. The number of rotatable bonds is 5. The van der Waals surface area contributed by atoms with E-state index in [1.54, 1.807) is 12.3 Å². The third kappa shape index (κ3) is 4.18. The van der Waals surface area contributed by atoms with Crippen LogP contribution in [0.4, 0.5) is 4.79 Å². The first-order chi connectivity index (χ1) is 9.97. The van der Waals surface area contributed by atoms with Crippen LogP contribution in [0.2, 0.25) is 0 Å². The molecule has 7 heteroatoms. The number of nitrogens with zero attached hydrogens (tertiary/aromatic N) is 1. The molecular formula is C14H22N2O5. The van der Waals surface area contributed by atoms with Gasteiger partial charge in [0.2, 0.25) is 0 Å². The molecular weight excluding hydrogens is 276 g/mol. The van der Waals surface area contributed by atoms with Gasteiger partial charge in [-0.05, 0) is 12.0 Å². The lowest BCUT2D eigenvalue weighted by atomic mass is 10.1. The van der Waals surface area contributed by atoms with Crippen molar-refractivity contribution >= 4 is 12.0 Å². The van der Waals surface area contributed by atoms with E-state index in [1.165, 1.54) is 4.90 Å². The van der Waals surface area contributed by atoms with Crippen LogP contribution in [-0.4, -0.2) is 53.6 Å². The van der Waals surface area contributed by atoms with E-state index in [2.05, 4.69) is 5.32 Å². The first kappa shape index (κ1) is 15.8. The van der Waals surface area contributed by atoms with Crippen molar-refractivity contribution in [3.63, 3.8) is 0 Å². The summed E-state index contributed by atoms with van der Waals surface area (Å²) in [6.07, 6.45) is 2.18. The molecule has 1 fully saturated rings. The first-order valence-corrected chi connectivity index (χ1v) is 7.19. The van der Waals surface area contributed by atoms with Gasteiger partial charge in [0.05, 0.1) is 6.10 Å². The number of hydrogen-bond acceptors (Lipinski definition) is 5. The van der Waals surface area contributed by atoms with Crippen molar-refractivity contribution in [1.82, 2.24) is 10.2 Å². The van der Waals surface area contributed by atoms with Gasteiger partial charge in [0.15, 0.2) is 0 Å². The third-order valence-corrected chi connectivity index (χ3v) is 3.37. The molecule has 21 heavy (non-hydrogen) atoms. The maximum Gasteiger partial charge on any atom is 0.323 e. The van der Waals surface area contributed by atoms with Crippen LogP contribution in [0.3, 0.4) is 0 Å². The monoisotopic (exact) mass is 298 g/mol. The van der Waals surface area contributed by atoms with Crippen molar-refractivity contribution < 1.29 is 24.2 Å². The SMILES string of the molecule is CC(C)CC(=O)OCC1OC(N2C=CCNC2=O)CC1O. The van der Waals surface area contributed by atoms with Crippen LogP contribution in [0.15, 0.2) is 12.3 Å². The fraction of sp³-hybridized carbons (Fsp3) is 0.714. The quantitative estimate of drug-likeness (QED) is 0.725.